The van der Waals surface area contributed by atoms with E-state index in [0.717, 1.165) is 17.0 Å². The molecule has 0 aliphatic carbocycles. The van der Waals surface area contributed by atoms with Crippen LogP contribution in [0.5, 0.6) is 0 Å². The second kappa shape index (κ2) is 6.49. The molecule has 104 valence electrons. The van der Waals surface area contributed by atoms with Crippen molar-refractivity contribution in [3.63, 3.8) is 0 Å². The maximum Gasteiger partial charge on any atom is 0.283 e. The summed E-state index contributed by atoms with van der Waals surface area (Å²) in [5.74, 6) is 0. The Balaban J connectivity index is 2.20. The largest absolute Gasteiger partial charge is 0.323 e. The molecule has 0 fully saturated rings. The Morgan fingerprint density at radius 2 is 2.10 bits per heavy atom. The molecule has 0 saturated carbocycles. The van der Waals surface area contributed by atoms with Crippen LogP contribution in [0, 0.1) is 10.1 Å². The van der Waals surface area contributed by atoms with Crippen LogP contribution >= 0.6 is 11.8 Å². The van der Waals surface area contributed by atoms with E-state index >= 15 is 0 Å². The van der Waals surface area contributed by atoms with E-state index in [-0.39, 0.29) is 16.7 Å². The lowest BCUT2D eigenvalue weighted by Gasteiger charge is -2.08. The third-order valence-corrected chi connectivity index (χ3v) is 3.91. The summed E-state index contributed by atoms with van der Waals surface area (Å²) in [6.45, 7) is 2.00. The number of nitrogens with two attached hydrogens (primary N) is 1. The molecule has 2 aromatic rings. The summed E-state index contributed by atoms with van der Waals surface area (Å²) >= 11 is 1.33. The van der Waals surface area contributed by atoms with Gasteiger partial charge in [-0.3, -0.25) is 15.1 Å². The van der Waals surface area contributed by atoms with Crippen molar-refractivity contribution in [1.82, 2.24) is 4.98 Å². The highest BCUT2D eigenvalue weighted by molar-refractivity contribution is 7.99. The number of pyridine rings is 1. The highest BCUT2D eigenvalue weighted by Crippen LogP contribution is 2.34. The van der Waals surface area contributed by atoms with Crippen LogP contribution in [0.1, 0.15) is 25.1 Å². The number of rotatable bonds is 5. The van der Waals surface area contributed by atoms with E-state index in [1.807, 2.05) is 19.1 Å². The van der Waals surface area contributed by atoms with Crippen molar-refractivity contribution in [3.8, 4) is 0 Å². The topological polar surface area (TPSA) is 82.0 Å². The predicted molar refractivity (Wildman–Crippen MR) is 78.7 cm³/mol. The monoisotopic (exact) mass is 289 g/mol. The first kappa shape index (κ1) is 14.5. The smallest absolute Gasteiger partial charge is 0.283 e. The maximum absolute atomic E-state index is 11.0. The van der Waals surface area contributed by atoms with Gasteiger partial charge in [-0.25, -0.2) is 0 Å². The zero-order valence-electron chi connectivity index (χ0n) is 11.0. The molecule has 1 aromatic heterocycles. The predicted octanol–water partition coefficient (Wildman–Crippen LogP) is 3.55. The van der Waals surface area contributed by atoms with E-state index in [1.165, 1.54) is 17.8 Å². The number of nitro groups is 1. The van der Waals surface area contributed by atoms with Crippen molar-refractivity contribution >= 4 is 17.4 Å². The Bertz CT molecular complexity index is 602. The van der Waals surface area contributed by atoms with Crippen molar-refractivity contribution in [2.24, 2.45) is 5.73 Å². The lowest BCUT2D eigenvalue weighted by atomic mass is 10.1. The highest BCUT2D eigenvalue weighted by atomic mass is 32.2. The van der Waals surface area contributed by atoms with Gasteiger partial charge in [-0.15, -0.1) is 0 Å². The van der Waals surface area contributed by atoms with Gasteiger partial charge in [0.25, 0.3) is 5.69 Å². The van der Waals surface area contributed by atoms with Crippen LogP contribution < -0.4 is 5.73 Å². The first-order chi connectivity index (χ1) is 9.61. The molecule has 5 nitrogen and oxygen atoms in total. The van der Waals surface area contributed by atoms with Crippen molar-refractivity contribution in [2.75, 3.05) is 0 Å². The molecule has 0 aliphatic rings. The number of nitrogens with zero attached hydrogens (tertiary/aromatic N) is 2. The molecule has 0 unspecified atom stereocenters. The van der Waals surface area contributed by atoms with Gasteiger partial charge in [0, 0.05) is 23.2 Å². The summed E-state index contributed by atoms with van der Waals surface area (Å²) in [6.07, 6.45) is 2.52. The van der Waals surface area contributed by atoms with Gasteiger partial charge in [0.15, 0.2) is 0 Å². The van der Waals surface area contributed by atoms with Crippen molar-refractivity contribution in [1.29, 1.82) is 0 Å². The Labute approximate surface area is 121 Å². The average molecular weight is 289 g/mol. The summed E-state index contributed by atoms with van der Waals surface area (Å²) in [4.78, 5) is 16.3. The van der Waals surface area contributed by atoms with Gasteiger partial charge in [0.05, 0.1) is 15.5 Å². The standard InChI is InChI=1S/C14H15N3O2S/c1-2-11(15)12-8-7-10(9-16-12)20-14-6-4-3-5-13(14)17(18)19/h3-9,11H,2,15H2,1H3/t11-/m0/s1. The molecular formula is C14H15N3O2S. The third kappa shape index (κ3) is 3.34. The minimum absolute atomic E-state index is 0.0693. The second-order valence-electron chi connectivity index (χ2n) is 4.26. The van der Waals surface area contributed by atoms with E-state index in [2.05, 4.69) is 4.98 Å². The van der Waals surface area contributed by atoms with Crippen LogP contribution in [0.15, 0.2) is 52.4 Å². The van der Waals surface area contributed by atoms with E-state index in [1.54, 1.807) is 24.4 Å². The molecule has 20 heavy (non-hydrogen) atoms. The number of benzene rings is 1. The molecule has 1 heterocycles. The van der Waals surface area contributed by atoms with Crippen molar-refractivity contribution in [2.45, 2.75) is 29.2 Å². The van der Waals surface area contributed by atoms with Gasteiger partial charge in [-0.1, -0.05) is 30.8 Å². The van der Waals surface area contributed by atoms with Crippen LogP contribution in [0.25, 0.3) is 0 Å². The van der Waals surface area contributed by atoms with E-state index in [4.69, 9.17) is 5.73 Å². The molecule has 2 rings (SSSR count). The van der Waals surface area contributed by atoms with Crippen LogP contribution in [-0.2, 0) is 0 Å². The summed E-state index contributed by atoms with van der Waals surface area (Å²) in [5.41, 5.74) is 6.84. The second-order valence-corrected chi connectivity index (χ2v) is 5.38. The van der Waals surface area contributed by atoms with Crippen LogP contribution in [0.3, 0.4) is 0 Å². The zero-order chi connectivity index (χ0) is 14.5. The fourth-order valence-electron chi connectivity index (χ4n) is 1.70. The fourth-order valence-corrected chi connectivity index (χ4v) is 2.59. The lowest BCUT2D eigenvalue weighted by molar-refractivity contribution is -0.387. The summed E-state index contributed by atoms with van der Waals surface area (Å²) in [6, 6.07) is 10.4. The molecule has 6 heteroatoms. The first-order valence-corrected chi connectivity index (χ1v) is 7.06. The maximum atomic E-state index is 11.0. The lowest BCUT2D eigenvalue weighted by Crippen LogP contribution is -2.10. The quantitative estimate of drug-likeness (QED) is 0.672. The summed E-state index contributed by atoms with van der Waals surface area (Å²) in [5, 5.41) is 11.0. The third-order valence-electron chi connectivity index (χ3n) is 2.87. The summed E-state index contributed by atoms with van der Waals surface area (Å²) < 4.78 is 0. The number of hydrogen-bond donors (Lipinski definition) is 1. The SMILES string of the molecule is CC[C@H](N)c1ccc(Sc2ccccc2[N+](=O)[O-])cn1. The zero-order valence-corrected chi connectivity index (χ0v) is 11.8. The Morgan fingerprint density at radius 1 is 1.35 bits per heavy atom. The minimum atomic E-state index is -0.378. The number of nitro benzene ring substituents is 1. The molecular weight excluding hydrogens is 274 g/mol. The molecule has 1 aromatic carbocycles. The first-order valence-electron chi connectivity index (χ1n) is 6.24. The Kier molecular flexibility index (Phi) is 4.70. The van der Waals surface area contributed by atoms with Crippen LogP contribution in [0.2, 0.25) is 0 Å². The van der Waals surface area contributed by atoms with Gasteiger partial charge in [-0.05, 0) is 24.6 Å². The Morgan fingerprint density at radius 3 is 2.70 bits per heavy atom. The van der Waals surface area contributed by atoms with E-state index < -0.39 is 0 Å². The average Bonchev–Trinajstić information content (AvgIpc) is 2.47. The molecule has 1 atom stereocenters. The Hall–Kier alpha value is -1.92. The number of para-hydroxylation sites is 1. The van der Waals surface area contributed by atoms with Gasteiger partial charge in [-0.2, -0.15) is 0 Å². The number of hydrogen-bond acceptors (Lipinski definition) is 5. The minimum Gasteiger partial charge on any atom is -0.323 e. The van der Waals surface area contributed by atoms with Gasteiger partial charge >= 0.3 is 0 Å². The molecule has 0 radical (unpaired) electrons. The molecule has 0 aliphatic heterocycles. The molecule has 2 N–H and O–H groups in total. The fraction of sp³-hybridized carbons (Fsp3) is 0.214. The van der Waals surface area contributed by atoms with E-state index in [9.17, 15) is 10.1 Å². The summed E-state index contributed by atoms with van der Waals surface area (Å²) in [7, 11) is 0. The molecule has 0 saturated heterocycles. The van der Waals surface area contributed by atoms with E-state index in [0.29, 0.717) is 4.90 Å². The normalized spacial score (nSPS) is 12.1. The molecule has 0 bridgehead atoms. The van der Waals surface area contributed by atoms with Gasteiger partial charge < -0.3 is 5.73 Å². The van der Waals surface area contributed by atoms with Crippen molar-refractivity contribution in [3.05, 3.63) is 58.4 Å². The van der Waals surface area contributed by atoms with Crippen molar-refractivity contribution < 1.29 is 4.92 Å². The molecule has 0 spiro atoms. The van der Waals surface area contributed by atoms with Crippen LogP contribution in [-0.4, -0.2) is 9.91 Å². The molecule has 0 amide bonds. The highest BCUT2D eigenvalue weighted by Gasteiger charge is 2.13. The van der Waals surface area contributed by atoms with Gasteiger partial charge in [0.1, 0.15) is 0 Å². The van der Waals surface area contributed by atoms with Crippen LogP contribution in [0.4, 0.5) is 5.69 Å². The van der Waals surface area contributed by atoms with Gasteiger partial charge in [0.2, 0.25) is 0 Å². The number of aromatic nitrogens is 1.